The molecule has 2 aromatic rings. The Morgan fingerprint density at radius 3 is 2.75 bits per heavy atom. The van der Waals surface area contributed by atoms with Crippen molar-refractivity contribution in [1.29, 1.82) is 0 Å². The minimum Gasteiger partial charge on any atom is -0.484 e. The number of benzene rings is 1. The molecule has 0 saturated carbocycles. The van der Waals surface area contributed by atoms with Crippen molar-refractivity contribution in [3.05, 3.63) is 55.9 Å². The number of alkyl halides is 3. The van der Waals surface area contributed by atoms with Crippen LogP contribution in [0.25, 0.3) is 0 Å². The summed E-state index contributed by atoms with van der Waals surface area (Å²) in [6.45, 7) is -1.39. The number of ether oxygens (including phenoxy) is 1. The highest BCUT2D eigenvalue weighted by Gasteiger charge is 2.29. The Bertz CT molecular complexity index is 1010. The van der Waals surface area contributed by atoms with Crippen LogP contribution in [0.3, 0.4) is 0 Å². The summed E-state index contributed by atoms with van der Waals surface area (Å²) in [7, 11) is 0. The van der Waals surface area contributed by atoms with Crippen molar-refractivity contribution in [2.45, 2.75) is 31.5 Å². The molecule has 0 fully saturated rings. The number of aromatic nitrogens is 2. The van der Waals surface area contributed by atoms with Crippen molar-refractivity contribution in [3.63, 3.8) is 0 Å². The lowest BCUT2D eigenvalue weighted by Gasteiger charge is -2.27. The predicted octanol–water partition coefficient (Wildman–Crippen LogP) is 1.39. The van der Waals surface area contributed by atoms with Crippen LogP contribution in [0.1, 0.15) is 40.5 Å². The molecule has 1 amide bonds. The summed E-state index contributed by atoms with van der Waals surface area (Å²) in [5.41, 5.74) is 4.55. The third kappa shape index (κ3) is 4.35. The van der Waals surface area contributed by atoms with Crippen molar-refractivity contribution in [2.24, 2.45) is 0 Å². The summed E-state index contributed by atoms with van der Waals surface area (Å²) < 4.78 is 41.7. The van der Waals surface area contributed by atoms with E-state index in [2.05, 4.69) is 10.3 Å². The van der Waals surface area contributed by atoms with Gasteiger partial charge in [0.2, 0.25) is 0 Å². The van der Waals surface area contributed by atoms with Gasteiger partial charge in [0.25, 0.3) is 11.5 Å². The number of H-pyrrole nitrogens is 2. The van der Waals surface area contributed by atoms with E-state index in [4.69, 9.17) is 10.5 Å². The standard InChI is InChI=1S/C17H17F3N4O4/c18-17(19,20)7-28-9-4-5-10-8(6-9)2-1-3-11(10)22-15(26)13-12(21)14(25)24-16(27)23-13/h4-6,11H,1-3,7,21H2,(H,22,26)(H2,23,24,25,27). The minimum atomic E-state index is -4.43. The van der Waals surface area contributed by atoms with Gasteiger partial charge >= 0.3 is 11.9 Å². The van der Waals surface area contributed by atoms with Crippen molar-refractivity contribution >= 4 is 11.6 Å². The molecule has 1 aromatic carbocycles. The maximum Gasteiger partial charge on any atom is 0.422 e. The molecule has 3 rings (SSSR count). The van der Waals surface area contributed by atoms with Crippen molar-refractivity contribution < 1.29 is 22.7 Å². The number of halogens is 3. The predicted molar refractivity (Wildman–Crippen MR) is 93.2 cm³/mol. The molecule has 1 heterocycles. The zero-order valence-electron chi connectivity index (χ0n) is 14.5. The number of carbonyl (C=O) groups is 1. The normalized spacial score (nSPS) is 16.3. The Hall–Kier alpha value is -3.24. The Kier molecular flexibility index (Phi) is 5.16. The van der Waals surface area contributed by atoms with Gasteiger partial charge in [-0.05, 0) is 42.5 Å². The van der Waals surface area contributed by atoms with E-state index >= 15 is 0 Å². The second-order valence-electron chi connectivity index (χ2n) is 6.38. The van der Waals surface area contributed by atoms with Gasteiger partial charge in [0, 0.05) is 0 Å². The van der Waals surface area contributed by atoms with E-state index in [1.807, 2.05) is 4.98 Å². The molecular formula is C17H17F3N4O4. The summed E-state index contributed by atoms with van der Waals surface area (Å²) in [4.78, 5) is 39.5. The number of nitrogen functional groups attached to an aromatic ring is 1. The number of nitrogens with one attached hydrogen (secondary N) is 3. The number of amides is 1. The molecule has 0 radical (unpaired) electrons. The average Bonchev–Trinajstić information content (AvgIpc) is 2.62. The van der Waals surface area contributed by atoms with Gasteiger partial charge in [-0.3, -0.25) is 14.6 Å². The quantitative estimate of drug-likeness (QED) is 0.618. The number of rotatable bonds is 4. The Balaban J connectivity index is 1.80. The molecule has 8 nitrogen and oxygen atoms in total. The first-order valence-corrected chi connectivity index (χ1v) is 8.39. The molecule has 0 spiro atoms. The molecule has 150 valence electrons. The van der Waals surface area contributed by atoms with Crippen LogP contribution in [-0.4, -0.2) is 28.7 Å². The van der Waals surface area contributed by atoms with Crippen LogP contribution in [-0.2, 0) is 6.42 Å². The van der Waals surface area contributed by atoms with Crippen LogP contribution in [0.4, 0.5) is 18.9 Å². The van der Waals surface area contributed by atoms with Crippen LogP contribution < -0.4 is 27.0 Å². The molecule has 5 N–H and O–H groups in total. The van der Waals surface area contributed by atoms with Crippen LogP contribution >= 0.6 is 0 Å². The fraction of sp³-hybridized carbons (Fsp3) is 0.353. The van der Waals surface area contributed by atoms with Gasteiger partial charge in [-0.1, -0.05) is 6.07 Å². The van der Waals surface area contributed by atoms with Gasteiger partial charge in [-0.2, -0.15) is 13.2 Å². The van der Waals surface area contributed by atoms with E-state index in [0.29, 0.717) is 19.3 Å². The maximum absolute atomic E-state index is 12.5. The third-order valence-electron chi connectivity index (χ3n) is 4.34. The Labute approximate surface area is 155 Å². The summed E-state index contributed by atoms with van der Waals surface area (Å²) in [5.74, 6) is -0.637. The van der Waals surface area contributed by atoms with Crippen molar-refractivity contribution in [2.75, 3.05) is 12.3 Å². The molecule has 0 bridgehead atoms. The SMILES string of the molecule is Nc1c(C(=O)NC2CCCc3cc(OCC(F)(F)F)ccc32)[nH]c(=O)[nH]c1=O. The second-order valence-corrected chi connectivity index (χ2v) is 6.38. The molecule has 28 heavy (non-hydrogen) atoms. The van der Waals surface area contributed by atoms with E-state index in [0.717, 1.165) is 11.1 Å². The number of aryl methyl sites for hydroxylation is 1. The smallest absolute Gasteiger partial charge is 0.422 e. The lowest BCUT2D eigenvalue weighted by atomic mass is 9.87. The molecular weight excluding hydrogens is 381 g/mol. The van der Waals surface area contributed by atoms with E-state index in [1.165, 1.54) is 12.1 Å². The average molecular weight is 398 g/mol. The summed E-state index contributed by atoms with van der Waals surface area (Å²) in [6, 6.07) is 4.06. The van der Waals surface area contributed by atoms with E-state index in [9.17, 15) is 27.6 Å². The first-order valence-electron chi connectivity index (χ1n) is 8.39. The van der Waals surface area contributed by atoms with Crippen LogP contribution in [0, 0.1) is 0 Å². The van der Waals surface area contributed by atoms with Gasteiger partial charge in [-0.25, -0.2) is 4.79 Å². The largest absolute Gasteiger partial charge is 0.484 e. The fourth-order valence-electron chi connectivity index (χ4n) is 3.10. The van der Waals surface area contributed by atoms with Crippen LogP contribution in [0.5, 0.6) is 5.75 Å². The maximum atomic E-state index is 12.5. The highest BCUT2D eigenvalue weighted by Crippen LogP contribution is 2.33. The molecule has 1 atom stereocenters. The number of nitrogens with two attached hydrogens (primary N) is 1. The summed E-state index contributed by atoms with van der Waals surface area (Å²) in [5, 5.41) is 2.70. The number of anilines is 1. The highest BCUT2D eigenvalue weighted by atomic mass is 19.4. The highest BCUT2D eigenvalue weighted by molar-refractivity contribution is 5.97. The number of carbonyl (C=O) groups excluding carboxylic acids is 1. The third-order valence-corrected chi connectivity index (χ3v) is 4.34. The van der Waals surface area contributed by atoms with E-state index in [-0.39, 0.29) is 11.4 Å². The molecule has 1 aromatic heterocycles. The monoisotopic (exact) mass is 398 g/mol. The van der Waals surface area contributed by atoms with Crippen LogP contribution in [0.2, 0.25) is 0 Å². The fourth-order valence-corrected chi connectivity index (χ4v) is 3.10. The Morgan fingerprint density at radius 2 is 2.04 bits per heavy atom. The van der Waals surface area contributed by atoms with Gasteiger partial charge in [-0.15, -0.1) is 0 Å². The topological polar surface area (TPSA) is 130 Å². The Morgan fingerprint density at radius 1 is 1.29 bits per heavy atom. The van der Waals surface area contributed by atoms with E-state index in [1.54, 1.807) is 6.07 Å². The van der Waals surface area contributed by atoms with Crippen LogP contribution in [0.15, 0.2) is 27.8 Å². The molecule has 1 aliphatic carbocycles. The second kappa shape index (κ2) is 7.41. The zero-order valence-corrected chi connectivity index (χ0v) is 14.5. The zero-order chi connectivity index (χ0) is 20.5. The lowest BCUT2D eigenvalue weighted by molar-refractivity contribution is -0.153. The number of aromatic amines is 2. The molecule has 1 unspecified atom stereocenters. The molecule has 0 saturated heterocycles. The van der Waals surface area contributed by atoms with Gasteiger partial charge in [0.05, 0.1) is 6.04 Å². The molecule has 11 heteroatoms. The van der Waals surface area contributed by atoms with Gasteiger partial charge in [0.1, 0.15) is 17.1 Å². The molecule has 0 aliphatic heterocycles. The van der Waals surface area contributed by atoms with Crippen molar-refractivity contribution in [1.82, 2.24) is 15.3 Å². The van der Waals surface area contributed by atoms with E-state index < -0.39 is 41.7 Å². The minimum absolute atomic E-state index is 0.0891. The number of fused-ring (bicyclic) bond motifs is 1. The lowest BCUT2D eigenvalue weighted by Crippen LogP contribution is -2.36. The first kappa shape index (κ1) is 19.5. The van der Waals surface area contributed by atoms with Crippen molar-refractivity contribution in [3.8, 4) is 5.75 Å². The number of hydrogen-bond donors (Lipinski definition) is 4. The first-order chi connectivity index (χ1) is 13.1. The van der Waals surface area contributed by atoms with Gasteiger partial charge < -0.3 is 20.8 Å². The molecule has 1 aliphatic rings. The summed E-state index contributed by atoms with van der Waals surface area (Å²) in [6.07, 6.45) is -2.55. The summed E-state index contributed by atoms with van der Waals surface area (Å²) >= 11 is 0. The van der Waals surface area contributed by atoms with Gasteiger partial charge in [0.15, 0.2) is 6.61 Å². The number of hydrogen-bond acceptors (Lipinski definition) is 5.